The predicted molar refractivity (Wildman–Crippen MR) is 112 cm³/mol. The van der Waals surface area contributed by atoms with Crippen LogP contribution in [-0.4, -0.2) is 37.0 Å². The number of esters is 2. The van der Waals surface area contributed by atoms with Crippen LogP contribution in [0.1, 0.15) is 18.1 Å². The summed E-state index contributed by atoms with van der Waals surface area (Å²) in [6.07, 6.45) is 1.43. The molecule has 0 bridgehead atoms. The molecule has 0 radical (unpaired) electrons. The van der Waals surface area contributed by atoms with Gasteiger partial charge in [-0.3, -0.25) is 14.9 Å². The second kappa shape index (κ2) is 8.96. The second-order valence-corrected chi connectivity index (χ2v) is 6.96. The van der Waals surface area contributed by atoms with Crippen molar-refractivity contribution >= 4 is 45.5 Å². The zero-order valence-corrected chi connectivity index (χ0v) is 18.1. The van der Waals surface area contributed by atoms with Gasteiger partial charge in [-0.1, -0.05) is 0 Å². The maximum Gasteiger partial charge on any atom is 0.363 e. The van der Waals surface area contributed by atoms with Crippen LogP contribution in [0.4, 0.5) is 5.69 Å². The van der Waals surface area contributed by atoms with Gasteiger partial charge in [0.05, 0.1) is 29.2 Å². The Kier molecular flexibility index (Phi) is 6.35. The highest BCUT2D eigenvalue weighted by atomic mass is 79.9. The van der Waals surface area contributed by atoms with E-state index in [2.05, 4.69) is 20.9 Å². The van der Waals surface area contributed by atoms with Crippen molar-refractivity contribution in [2.24, 2.45) is 4.99 Å². The van der Waals surface area contributed by atoms with Gasteiger partial charge in [0.1, 0.15) is 5.75 Å². The Labute approximate surface area is 184 Å². The van der Waals surface area contributed by atoms with Crippen LogP contribution in [0.2, 0.25) is 0 Å². The summed E-state index contributed by atoms with van der Waals surface area (Å²) in [5.41, 5.74) is 0.416. The van der Waals surface area contributed by atoms with Crippen molar-refractivity contribution in [1.29, 1.82) is 0 Å². The zero-order chi connectivity index (χ0) is 22.7. The van der Waals surface area contributed by atoms with Crippen LogP contribution in [0.3, 0.4) is 0 Å². The highest BCUT2D eigenvalue weighted by Crippen LogP contribution is 2.38. The number of carbonyl (C=O) groups is 2. The fourth-order valence-corrected chi connectivity index (χ4v) is 3.27. The van der Waals surface area contributed by atoms with Crippen LogP contribution in [-0.2, 0) is 14.3 Å². The lowest BCUT2D eigenvalue weighted by Crippen LogP contribution is -2.07. The Morgan fingerprint density at radius 2 is 1.90 bits per heavy atom. The van der Waals surface area contributed by atoms with Gasteiger partial charge in [0.15, 0.2) is 17.2 Å². The van der Waals surface area contributed by atoms with Crippen molar-refractivity contribution in [3.05, 3.63) is 61.7 Å². The maximum atomic E-state index is 12.3. The van der Waals surface area contributed by atoms with Gasteiger partial charge in [-0.25, -0.2) is 9.79 Å². The van der Waals surface area contributed by atoms with E-state index in [0.717, 1.165) is 0 Å². The molecular formula is C20H15BrN2O8. The summed E-state index contributed by atoms with van der Waals surface area (Å²) in [5, 5.41) is 11.1. The third-order valence-corrected chi connectivity index (χ3v) is 4.63. The minimum atomic E-state index is -0.747. The highest BCUT2D eigenvalue weighted by Gasteiger charge is 2.28. The molecule has 160 valence electrons. The van der Waals surface area contributed by atoms with Crippen molar-refractivity contribution in [1.82, 2.24) is 0 Å². The van der Waals surface area contributed by atoms with Crippen LogP contribution in [0.15, 0.2) is 45.5 Å². The molecule has 0 aromatic heterocycles. The quantitative estimate of drug-likeness (QED) is 0.197. The third kappa shape index (κ3) is 4.72. The Hall–Kier alpha value is -3.73. The van der Waals surface area contributed by atoms with Crippen molar-refractivity contribution in [3.63, 3.8) is 0 Å². The summed E-state index contributed by atoms with van der Waals surface area (Å²) in [6, 6.07) is 7.01. The summed E-state index contributed by atoms with van der Waals surface area (Å²) in [5.74, 6) is -0.691. The molecule has 0 amide bonds. The second-order valence-electron chi connectivity index (χ2n) is 6.11. The lowest BCUT2D eigenvalue weighted by molar-refractivity contribution is -0.384. The molecule has 0 N–H and O–H groups in total. The van der Waals surface area contributed by atoms with E-state index in [1.165, 1.54) is 45.4 Å². The molecule has 1 aliphatic heterocycles. The van der Waals surface area contributed by atoms with Gasteiger partial charge in [0, 0.05) is 19.1 Å². The van der Waals surface area contributed by atoms with Gasteiger partial charge in [-0.15, -0.1) is 0 Å². The number of methoxy groups -OCH3 is 2. The molecule has 31 heavy (non-hydrogen) atoms. The fraction of sp³-hybridized carbons (Fsp3) is 0.150. The van der Waals surface area contributed by atoms with Gasteiger partial charge < -0.3 is 18.9 Å². The molecule has 3 rings (SSSR count). The molecule has 0 atom stereocenters. The summed E-state index contributed by atoms with van der Waals surface area (Å²) in [4.78, 5) is 38.3. The van der Waals surface area contributed by atoms with Crippen LogP contribution in [0.5, 0.6) is 17.2 Å². The van der Waals surface area contributed by atoms with Crippen LogP contribution < -0.4 is 14.2 Å². The lowest BCUT2D eigenvalue weighted by Gasteiger charge is -2.11. The number of rotatable bonds is 6. The van der Waals surface area contributed by atoms with E-state index < -0.39 is 16.9 Å². The number of carbonyl (C=O) groups excluding carboxylic acids is 2. The predicted octanol–water partition coefficient (Wildman–Crippen LogP) is 3.64. The first kappa shape index (κ1) is 22.0. The lowest BCUT2D eigenvalue weighted by atomic mass is 10.1. The Morgan fingerprint density at radius 3 is 2.52 bits per heavy atom. The van der Waals surface area contributed by atoms with Crippen LogP contribution in [0, 0.1) is 10.1 Å². The number of nitro benzene ring substituents is 1. The first-order chi connectivity index (χ1) is 14.7. The number of halogens is 1. The van der Waals surface area contributed by atoms with Crippen molar-refractivity contribution in [3.8, 4) is 17.2 Å². The summed E-state index contributed by atoms with van der Waals surface area (Å²) in [7, 11) is 2.79. The molecule has 0 unspecified atom stereocenters. The normalized spacial score (nSPS) is 14.1. The molecule has 1 heterocycles. The van der Waals surface area contributed by atoms with Crippen LogP contribution in [0.25, 0.3) is 6.08 Å². The Morgan fingerprint density at radius 1 is 1.19 bits per heavy atom. The highest BCUT2D eigenvalue weighted by molar-refractivity contribution is 9.10. The molecule has 2 aromatic carbocycles. The molecule has 0 spiro atoms. The van der Waals surface area contributed by atoms with Crippen LogP contribution >= 0.6 is 15.9 Å². The van der Waals surface area contributed by atoms with Crippen molar-refractivity contribution in [2.75, 3.05) is 14.2 Å². The molecule has 10 nitrogen and oxygen atoms in total. The van der Waals surface area contributed by atoms with Crippen molar-refractivity contribution in [2.45, 2.75) is 6.92 Å². The van der Waals surface area contributed by atoms with Gasteiger partial charge >= 0.3 is 11.9 Å². The van der Waals surface area contributed by atoms with E-state index in [1.54, 1.807) is 12.1 Å². The third-order valence-electron chi connectivity index (χ3n) is 4.05. The maximum absolute atomic E-state index is 12.3. The zero-order valence-electron chi connectivity index (χ0n) is 16.5. The Bertz CT molecular complexity index is 1160. The molecule has 0 saturated heterocycles. The smallest absolute Gasteiger partial charge is 0.363 e. The number of benzene rings is 2. The van der Waals surface area contributed by atoms with Gasteiger partial charge in [0.25, 0.3) is 5.69 Å². The van der Waals surface area contributed by atoms with E-state index in [9.17, 15) is 19.7 Å². The van der Waals surface area contributed by atoms with Gasteiger partial charge in [0.2, 0.25) is 5.90 Å². The molecule has 0 fully saturated rings. The average Bonchev–Trinajstić information content (AvgIpc) is 3.09. The van der Waals surface area contributed by atoms with E-state index >= 15 is 0 Å². The average molecular weight is 491 g/mol. The number of nitrogens with zero attached hydrogens (tertiary/aromatic N) is 2. The number of cyclic esters (lactones) is 1. The van der Waals surface area contributed by atoms with E-state index in [-0.39, 0.29) is 40.1 Å². The molecule has 0 saturated carbocycles. The first-order valence-corrected chi connectivity index (χ1v) is 9.44. The van der Waals surface area contributed by atoms with Gasteiger partial charge in [-0.2, -0.15) is 0 Å². The fourth-order valence-electron chi connectivity index (χ4n) is 2.72. The minimum absolute atomic E-state index is 0.0438. The number of hydrogen-bond acceptors (Lipinski definition) is 9. The first-order valence-electron chi connectivity index (χ1n) is 8.64. The molecule has 2 aromatic rings. The number of ether oxygens (including phenoxy) is 4. The molecule has 0 aliphatic carbocycles. The van der Waals surface area contributed by atoms with E-state index in [1.807, 2.05) is 0 Å². The standard InChI is InChI=1S/C20H15BrN2O8/c1-10(24)30-18-14(21)6-11(8-17(18)29-3)7-15-20(25)31-19(22-15)13-9-12(23(26)27)4-5-16(13)28-2/h4-9H,1-3H3. The van der Waals surface area contributed by atoms with E-state index in [4.69, 9.17) is 18.9 Å². The van der Waals surface area contributed by atoms with Crippen molar-refractivity contribution < 1.29 is 33.5 Å². The summed E-state index contributed by atoms with van der Waals surface area (Å²) in [6.45, 7) is 1.26. The van der Waals surface area contributed by atoms with Gasteiger partial charge in [-0.05, 0) is 45.8 Å². The summed E-state index contributed by atoms with van der Waals surface area (Å²) < 4.78 is 21.2. The molecular weight excluding hydrogens is 476 g/mol. The SMILES string of the molecule is COc1ccc([N+](=O)[O-])cc1C1=NC(=Cc2cc(Br)c(OC(C)=O)c(OC)c2)C(=O)O1. The molecule has 1 aliphatic rings. The monoisotopic (exact) mass is 490 g/mol. The largest absolute Gasteiger partial charge is 0.496 e. The Balaban J connectivity index is 2.03. The number of aliphatic imine (C=N–C) groups is 1. The minimum Gasteiger partial charge on any atom is -0.496 e. The number of hydrogen-bond donors (Lipinski definition) is 0. The topological polar surface area (TPSA) is 127 Å². The number of non-ortho nitro benzene ring substituents is 1. The number of nitro groups is 1. The molecule has 11 heteroatoms. The summed E-state index contributed by atoms with van der Waals surface area (Å²) >= 11 is 3.30. The van der Waals surface area contributed by atoms with E-state index in [0.29, 0.717) is 10.0 Å².